The van der Waals surface area contributed by atoms with Gasteiger partial charge in [-0.1, -0.05) is 43.0 Å². The van der Waals surface area contributed by atoms with Crippen molar-refractivity contribution in [3.63, 3.8) is 0 Å². The average Bonchev–Trinajstić information content (AvgIpc) is 2.33. The number of rotatable bonds is 2. The van der Waals surface area contributed by atoms with Crippen molar-refractivity contribution >= 4 is 11.6 Å². The van der Waals surface area contributed by atoms with Gasteiger partial charge in [-0.05, 0) is 37.0 Å². The largest absolute Gasteiger partial charge is 0.330 e. The minimum atomic E-state index is 0.188. The molecule has 0 aliphatic heterocycles. The van der Waals surface area contributed by atoms with Gasteiger partial charge in [0.05, 0.1) is 0 Å². The lowest BCUT2D eigenvalue weighted by Crippen LogP contribution is -2.37. The van der Waals surface area contributed by atoms with Gasteiger partial charge in [-0.2, -0.15) is 0 Å². The maximum atomic E-state index is 6.21. The molecule has 2 N–H and O–H groups in total. The summed E-state index contributed by atoms with van der Waals surface area (Å²) in [6.45, 7) is 2.86. The molecule has 88 valence electrons. The molecule has 0 aromatic heterocycles. The summed E-state index contributed by atoms with van der Waals surface area (Å²) in [5.74, 6) is 0. The van der Waals surface area contributed by atoms with Crippen LogP contribution in [-0.4, -0.2) is 6.54 Å². The lowest BCUT2D eigenvalue weighted by molar-refractivity contribution is 0.299. The molecule has 1 fully saturated rings. The molecule has 1 aromatic carbocycles. The van der Waals surface area contributed by atoms with Crippen LogP contribution in [0.15, 0.2) is 18.2 Å². The summed E-state index contributed by atoms with van der Waals surface area (Å²) >= 11 is 6.21. The van der Waals surface area contributed by atoms with Crippen LogP contribution in [0, 0.1) is 6.92 Å². The molecular formula is C14H20ClN. The molecule has 1 saturated carbocycles. The first-order valence-electron chi connectivity index (χ1n) is 6.15. The van der Waals surface area contributed by atoms with Crippen molar-refractivity contribution in [1.29, 1.82) is 0 Å². The van der Waals surface area contributed by atoms with E-state index < -0.39 is 0 Å². The van der Waals surface area contributed by atoms with Gasteiger partial charge in [0, 0.05) is 17.0 Å². The molecular weight excluding hydrogens is 218 g/mol. The molecule has 2 rings (SSSR count). The average molecular weight is 238 g/mol. The van der Waals surface area contributed by atoms with Gasteiger partial charge in [-0.15, -0.1) is 0 Å². The second kappa shape index (κ2) is 4.77. The highest BCUT2D eigenvalue weighted by Gasteiger charge is 2.33. The highest BCUT2D eigenvalue weighted by atomic mass is 35.5. The highest BCUT2D eigenvalue weighted by Crippen LogP contribution is 2.41. The fourth-order valence-corrected chi connectivity index (χ4v) is 3.17. The Morgan fingerprint density at radius 2 is 1.94 bits per heavy atom. The first-order chi connectivity index (χ1) is 7.69. The van der Waals surface area contributed by atoms with Crippen molar-refractivity contribution in [2.75, 3.05) is 6.54 Å². The van der Waals surface area contributed by atoms with Crippen molar-refractivity contribution < 1.29 is 0 Å². The van der Waals surface area contributed by atoms with Crippen LogP contribution in [-0.2, 0) is 5.41 Å². The molecule has 0 saturated heterocycles. The molecule has 1 nitrogen and oxygen atoms in total. The third kappa shape index (κ3) is 1.99. The quantitative estimate of drug-likeness (QED) is 0.832. The Morgan fingerprint density at radius 3 is 2.56 bits per heavy atom. The highest BCUT2D eigenvalue weighted by molar-refractivity contribution is 6.31. The van der Waals surface area contributed by atoms with Crippen molar-refractivity contribution in [1.82, 2.24) is 0 Å². The predicted octanol–water partition coefficient (Wildman–Crippen LogP) is 3.81. The fraction of sp³-hybridized carbons (Fsp3) is 0.571. The molecule has 1 aromatic rings. The monoisotopic (exact) mass is 237 g/mol. The third-order valence-corrected chi connectivity index (χ3v) is 4.45. The number of benzene rings is 1. The number of hydrogen-bond acceptors (Lipinski definition) is 1. The third-order valence-electron chi connectivity index (χ3n) is 4.04. The Labute approximate surface area is 103 Å². The minimum Gasteiger partial charge on any atom is -0.330 e. The number of halogens is 1. The van der Waals surface area contributed by atoms with Crippen LogP contribution in [0.25, 0.3) is 0 Å². The van der Waals surface area contributed by atoms with Crippen LogP contribution in [0.3, 0.4) is 0 Å². The van der Waals surface area contributed by atoms with Crippen LogP contribution in [0.4, 0.5) is 0 Å². The van der Waals surface area contributed by atoms with Crippen molar-refractivity contribution in [2.24, 2.45) is 5.73 Å². The van der Waals surface area contributed by atoms with Crippen LogP contribution < -0.4 is 5.73 Å². The molecule has 0 bridgehead atoms. The van der Waals surface area contributed by atoms with Crippen molar-refractivity contribution in [3.05, 3.63) is 34.3 Å². The molecule has 0 heterocycles. The molecule has 16 heavy (non-hydrogen) atoms. The molecule has 0 radical (unpaired) electrons. The van der Waals surface area contributed by atoms with Gasteiger partial charge in [-0.3, -0.25) is 0 Å². The van der Waals surface area contributed by atoms with Crippen LogP contribution in [0.5, 0.6) is 0 Å². The molecule has 0 amide bonds. The van der Waals surface area contributed by atoms with E-state index in [1.165, 1.54) is 43.2 Å². The van der Waals surface area contributed by atoms with Gasteiger partial charge >= 0.3 is 0 Å². The molecule has 0 spiro atoms. The van der Waals surface area contributed by atoms with Gasteiger partial charge in [0.25, 0.3) is 0 Å². The first kappa shape index (κ1) is 11.9. The zero-order valence-electron chi connectivity index (χ0n) is 9.93. The molecule has 0 atom stereocenters. The van der Waals surface area contributed by atoms with Gasteiger partial charge in [0.1, 0.15) is 0 Å². The zero-order valence-corrected chi connectivity index (χ0v) is 10.7. The molecule has 2 heteroatoms. The summed E-state index contributed by atoms with van der Waals surface area (Å²) < 4.78 is 0. The van der Waals surface area contributed by atoms with E-state index in [9.17, 15) is 0 Å². The first-order valence-corrected chi connectivity index (χ1v) is 6.53. The van der Waals surface area contributed by atoms with E-state index in [2.05, 4.69) is 19.1 Å². The van der Waals surface area contributed by atoms with Gasteiger partial charge in [-0.25, -0.2) is 0 Å². The van der Waals surface area contributed by atoms with Crippen LogP contribution in [0.2, 0.25) is 5.02 Å². The summed E-state index contributed by atoms with van der Waals surface area (Å²) in [5, 5.41) is 0.871. The Morgan fingerprint density at radius 1 is 1.25 bits per heavy atom. The van der Waals surface area contributed by atoms with Crippen LogP contribution in [0.1, 0.15) is 43.2 Å². The molecule has 1 aliphatic carbocycles. The molecule has 1 aliphatic rings. The summed E-state index contributed by atoms with van der Waals surface area (Å²) in [5.41, 5.74) is 8.83. The predicted molar refractivity (Wildman–Crippen MR) is 70.0 cm³/mol. The smallest absolute Gasteiger partial charge is 0.0438 e. The van der Waals surface area contributed by atoms with E-state index in [-0.39, 0.29) is 5.41 Å². The Bertz CT molecular complexity index is 367. The maximum Gasteiger partial charge on any atom is 0.0438 e. The summed E-state index contributed by atoms with van der Waals surface area (Å²) in [6, 6.07) is 6.23. The topological polar surface area (TPSA) is 26.0 Å². The second-order valence-corrected chi connectivity index (χ2v) is 5.36. The SMILES string of the molecule is Cc1c(Cl)cccc1C1(CN)CCCCC1. The summed E-state index contributed by atoms with van der Waals surface area (Å²) in [6.07, 6.45) is 6.36. The zero-order chi connectivity index (χ0) is 11.6. The van der Waals surface area contributed by atoms with E-state index in [0.717, 1.165) is 11.6 Å². The van der Waals surface area contributed by atoms with Crippen molar-refractivity contribution in [3.8, 4) is 0 Å². The van der Waals surface area contributed by atoms with Gasteiger partial charge in [0.2, 0.25) is 0 Å². The normalized spacial score (nSPS) is 19.7. The van der Waals surface area contributed by atoms with Crippen LogP contribution >= 0.6 is 11.6 Å². The Balaban J connectivity index is 2.43. The van der Waals surface area contributed by atoms with E-state index in [1.807, 2.05) is 6.07 Å². The minimum absolute atomic E-state index is 0.188. The summed E-state index contributed by atoms with van der Waals surface area (Å²) in [7, 11) is 0. The van der Waals surface area contributed by atoms with Gasteiger partial charge < -0.3 is 5.73 Å². The van der Waals surface area contributed by atoms with E-state index in [1.54, 1.807) is 0 Å². The number of nitrogens with two attached hydrogens (primary N) is 1. The summed E-state index contributed by atoms with van der Waals surface area (Å²) in [4.78, 5) is 0. The lowest BCUT2D eigenvalue weighted by atomic mass is 9.68. The maximum absolute atomic E-state index is 6.21. The second-order valence-electron chi connectivity index (χ2n) is 4.96. The Hall–Kier alpha value is -0.530. The van der Waals surface area contributed by atoms with E-state index in [4.69, 9.17) is 17.3 Å². The van der Waals surface area contributed by atoms with E-state index in [0.29, 0.717) is 0 Å². The standard InChI is InChI=1S/C14H20ClN/c1-11-12(6-5-7-13(11)15)14(10-16)8-3-2-4-9-14/h5-7H,2-4,8-10,16H2,1H3. The Kier molecular flexibility index (Phi) is 3.56. The van der Waals surface area contributed by atoms with Gasteiger partial charge in [0.15, 0.2) is 0 Å². The fourth-order valence-electron chi connectivity index (χ4n) is 2.99. The molecule has 0 unspecified atom stereocenters. The van der Waals surface area contributed by atoms with Crippen molar-refractivity contribution in [2.45, 2.75) is 44.4 Å². The number of hydrogen-bond donors (Lipinski definition) is 1. The lowest BCUT2D eigenvalue weighted by Gasteiger charge is -2.38. The van der Waals surface area contributed by atoms with E-state index >= 15 is 0 Å².